The minimum Gasteiger partial charge on any atom is -0.493 e. The number of carbonyl (C=O) groups is 2. The predicted octanol–water partition coefficient (Wildman–Crippen LogP) is 7.58. The standard InChI is InChI=1S/C24H16BrCl2NO4S/c1-31-20-9-15(18(25)12-21(20)32-13-14-5-2-3-8-19(14)27)10-22-23(29)28(24(30)33-22)17-7-4-6-16(26)11-17/h2-12H,13H2,1H3/b22-10+. The summed E-state index contributed by atoms with van der Waals surface area (Å²) in [5, 5.41) is 0.661. The van der Waals surface area contributed by atoms with Crippen molar-refractivity contribution in [2.45, 2.75) is 6.61 Å². The topological polar surface area (TPSA) is 55.8 Å². The quantitative estimate of drug-likeness (QED) is 0.289. The van der Waals surface area contributed by atoms with Gasteiger partial charge in [0.25, 0.3) is 11.1 Å². The van der Waals surface area contributed by atoms with Crippen molar-refractivity contribution in [3.8, 4) is 11.5 Å². The van der Waals surface area contributed by atoms with Crippen LogP contribution in [-0.4, -0.2) is 18.3 Å². The van der Waals surface area contributed by atoms with Gasteiger partial charge in [0.1, 0.15) is 6.61 Å². The second kappa shape index (κ2) is 10.2. The number of anilines is 1. The summed E-state index contributed by atoms with van der Waals surface area (Å²) in [4.78, 5) is 26.9. The van der Waals surface area contributed by atoms with Crippen molar-refractivity contribution in [2.75, 3.05) is 12.0 Å². The van der Waals surface area contributed by atoms with Gasteiger partial charge in [-0.1, -0.05) is 63.4 Å². The van der Waals surface area contributed by atoms with Crippen LogP contribution in [0.5, 0.6) is 11.5 Å². The Kier molecular flexibility index (Phi) is 7.34. The van der Waals surface area contributed by atoms with E-state index in [2.05, 4.69) is 15.9 Å². The van der Waals surface area contributed by atoms with Crippen molar-refractivity contribution in [2.24, 2.45) is 0 Å². The Morgan fingerprint density at radius 1 is 1.03 bits per heavy atom. The molecule has 0 spiro atoms. The van der Waals surface area contributed by atoms with Crippen molar-refractivity contribution < 1.29 is 19.1 Å². The highest BCUT2D eigenvalue weighted by atomic mass is 79.9. The highest BCUT2D eigenvalue weighted by Gasteiger charge is 2.36. The third-order valence-corrected chi connectivity index (χ3v) is 6.93. The molecule has 0 atom stereocenters. The second-order valence-corrected chi connectivity index (χ2v) is 9.59. The third kappa shape index (κ3) is 5.22. The van der Waals surface area contributed by atoms with Crippen molar-refractivity contribution in [1.29, 1.82) is 0 Å². The number of carbonyl (C=O) groups excluding carboxylic acids is 2. The SMILES string of the molecule is COc1cc(/C=C2/SC(=O)N(c3cccc(Cl)c3)C2=O)c(Br)cc1OCc1ccccc1Cl. The molecule has 0 saturated carbocycles. The lowest BCUT2D eigenvalue weighted by atomic mass is 10.1. The summed E-state index contributed by atoms with van der Waals surface area (Å²) in [6, 6.07) is 17.5. The maximum atomic E-state index is 12.9. The molecule has 0 radical (unpaired) electrons. The summed E-state index contributed by atoms with van der Waals surface area (Å²) in [5.41, 5.74) is 1.93. The molecule has 2 amide bonds. The van der Waals surface area contributed by atoms with Crippen LogP contribution in [0.25, 0.3) is 6.08 Å². The van der Waals surface area contributed by atoms with Gasteiger partial charge in [-0.25, -0.2) is 4.90 Å². The Morgan fingerprint density at radius 2 is 1.82 bits per heavy atom. The summed E-state index contributed by atoms with van der Waals surface area (Å²) in [5.74, 6) is 0.566. The number of methoxy groups -OCH3 is 1. The molecule has 9 heteroatoms. The lowest BCUT2D eigenvalue weighted by molar-refractivity contribution is -0.113. The maximum absolute atomic E-state index is 12.9. The molecule has 1 heterocycles. The van der Waals surface area contributed by atoms with Gasteiger partial charge < -0.3 is 9.47 Å². The molecule has 1 saturated heterocycles. The number of hydrogen-bond donors (Lipinski definition) is 0. The number of imide groups is 1. The monoisotopic (exact) mass is 563 g/mol. The van der Waals surface area contributed by atoms with Crippen LogP contribution < -0.4 is 14.4 Å². The van der Waals surface area contributed by atoms with E-state index in [1.165, 1.54) is 7.11 Å². The number of rotatable bonds is 6. The van der Waals surface area contributed by atoms with Crippen LogP contribution in [0.1, 0.15) is 11.1 Å². The van der Waals surface area contributed by atoms with Crippen molar-refractivity contribution in [3.63, 3.8) is 0 Å². The zero-order chi connectivity index (χ0) is 23.5. The molecule has 3 aromatic carbocycles. The molecular weight excluding hydrogens is 549 g/mol. The van der Waals surface area contributed by atoms with Gasteiger partial charge in [0.15, 0.2) is 11.5 Å². The summed E-state index contributed by atoms with van der Waals surface area (Å²) in [6.45, 7) is 0.264. The Hall–Kier alpha value is -2.45. The molecule has 0 unspecified atom stereocenters. The molecule has 1 fully saturated rings. The van der Waals surface area contributed by atoms with Crippen molar-refractivity contribution in [1.82, 2.24) is 0 Å². The lowest BCUT2D eigenvalue weighted by Gasteiger charge is -2.14. The highest BCUT2D eigenvalue weighted by Crippen LogP contribution is 2.40. The number of hydrogen-bond acceptors (Lipinski definition) is 5. The van der Waals surface area contributed by atoms with Gasteiger partial charge in [0.2, 0.25) is 0 Å². The average molecular weight is 565 g/mol. The first-order valence-electron chi connectivity index (χ1n) is 9.64. The normalized spacial score (nSPS) is 14.8. The molecule has 4 rings (SSSR count). The zero-order valence-electron chi connectivity index (χ0n) is 17.2. The smallest absolute Gasteiger partial charge is 0.298 e. The number of nitrogens with zero attached hydrogens (tertiary/aromatic N) is 1. The van der Waals surface area contributed by atoms with E-state index in [1.807, 2.05) is 18.2 Å². The fourth-order valence-corrected chi connectivity index (χ4v) is 4.80. The largest absolute Gasteiger partial charge is 0.493 e. The fraction of sp³-hybridized carbons (Fsp3) is 0.0833. The average Bonchev–Trinajstić information content (AvgIpc) is 3.07. The van der Waals surface area contributed by atoms with Gasteiger partial charge in [-0.2, -0.15) is 0 Å². The number of ether oxygens (including phenoxy) is 2. The predicted molar refractivity (Wildman–Crippen MR) is 136 cm³/mol. The minimum absolute atomic E-state index is 0.264. The molecule has 0 aromatic heterocycles. The molecule has 0 aliphatic carbocycles. The van der Waals surface area contributed by atoms with E-state index in [1.54, 1.807) is 48.5 Å². The van der Waals surface area contributed by atoms with Crippen LogP contribution >= 0.6 is 50.9 Å². The lowest BCUT2D eigenvalue weighted by Crippen LogP contribution is -2.27. The molecular formula is C24H16BrCl2NO4S. The van der Waals surface area contributed by atoms with Crippen molar-refractivity contribution >= 4 is 73.8 Å². The summed E-state index contributed by atoms with van der Waals surface area (Å²) < 4.78 is 12.1. The van der Waals surface area contributed by atoms with Gasteiger partial charge in [-0.15, -0.1) is 0 Å². The zero-order valence-corrected chi connectivity index (χ0v) is 21.1. The fourth-order valence-electron chi connectivity index (χ4n) is 3.15. The first kappa shape index (κ1) is 23.7. The highest BCUT2D eigenvalue weighted by molar-refractivity contribution is 9.10. The molecule has 0 bridgehead atoms. The minimum atomic E-state index is -0.419. The summed E-state index contributed by atoms with van der Waals surface area (Å²) >= 11 is 16.6. The number of amides is 2. The van der Waals surface area contributed by atoms with E-state index >= 15 is 0 Å². The Bertz CT molecular complexity index is 1280. The molecule has 1 aliphatic rings. The Morgan fingerprint density at radius 3 is 2.55 bits per heavy atom. The van der Waals surface area contributed by atoms with E-state index in [-0.39, 0.29) is 11.5 Å². The van der Waals surface area contributed by atoms with E-state index in [0.29, 0.717) is 37.3 Å². The Labute approximate surface area is 213 Å². The van der Waals surface area contributed by atoms with E-state index in [0.717, 1.165) is 22.2 Å². The van der Waals surface area contributed by atoms with E-state index < -0.39 is 11.1 Å². The van der Waals surface area contributed by atoms with Crippen LogP contribution in [0.2, 0.25) is 10.0 Å². The molecule has 1 aliphatic heterocycles. The van der Waals surface area contributed by atoms with Crippen LogP contribution in [0.4, 0.5) is 10.5 Å². The van der Waals surface area contributed by atoms with E-state index in [9.17, 15) is 9.59 Å². The van der Waals surface area contributed by atoms with E-state index in [4.69, 9.17) is 32.7 Å². The number of thioether (sulfide) groups is 1. The molecule has 3 aromatic rings. The molecule has 5 nitrogen and oxygen atoms in total. The molecule has 0 N–H and O–H groups in total. The molecule has 33 heavy (non-hydrogen) atoms. The van der Waals surface area contributed by atoms with Gasteiger partial charge in [-0.3, -0.25) is 9.59 Å². The van der Waals surface area contributed by atoms with Gasteiger partial charge in [0, 0.05) is 20.1 Å². The summed E-state index contributed by atoms with van der Waals surface area (Å²) in [6.07, 6.45) is 1.64. The summed E-state index contributed by atoms with van der Waals surface area (Å²) in [7, 11) is 1.53. The van der Waals surface area contributed by atoms with Crippen LogP contribution in [0.3, 0.4) is 0 Å². The molecule has 168 valence electrons. The third-order valence-electron chi connectivity index (χ3n) is 4.77. The van der Waals surface area contributed by atoms with Gasteiger partial charge in [-0.05, 0) is 59.8 Å². The second-order valence-electron chi connectivity index (χ2n) is 6.90. The maximum Gasteiger partial charge on any atom is 0.298 e. The first-order chi connectivity index (χ1) is 15.9. The Balaban J connectivity index is 1.60. The van der Waals surface area contributed by atoms with Crippen molar-refractivity contribution in [3.05, 3.63) is 91.2 Å². The van der Waals surface area contributed by atoms with Crippen LogP contribution in [0, 0.1) is 0 Å². The van der Waals surface area contributed by atoms with Crippen LogP contribution in [-0.2, 0) is 11.4 Å². The van der Waals surface area contributed by atoms with Gasteiger partial charge >= 0.3 is 0 Å². The number of benzene rings is 3. The number of halogens is 3. The first-order valence-corrected chi connectivity index (χ1v) is 12.0. The van der Waals surface area contributed by atoms with Crippen LogP contribution in [0.15, 0.2) is 70.0 Å². The van der Waals surface area contributed by atoms with Gasteiger partial charge in [0.05, 0.1) is 17.7 Å².